The minimum atomic E-state index is -1.01. The number of carbonyl (C=O) groups is 4. The van der Waals surface area contributed by atoms with Crippen LogP contribution in [0.25, 0.3) is 0 Å². The molecule has 14 heteroatoms. The molecule has 4 aliphatic heterocycles. The first-order valence-corrected chi connectivity index (χ1v) is 19.4. The van der Waals surface area contributed by atoms with Crippen LogP contribution in [0.2, 0.25) is 6.82 Å². The number of carbonyl (C=O) groups excluding carboxylic acids is 4. The van der Waals surface area contributed by atoms with Gasteiger partial charge in [0.05, 0.1) is 6.54 Å². The zero-order valence-electron chi connectivity index (χ0n) is 31.5. The molecule has 0 radical (unpaired) electrons. The molecule has 53 heavy (non-hydrogen) atoms. The van der Waals surface area contributed by atoms with E-state index < -0.39 is 12.2 Å². The van der Waals surface area contributed by atoms with E-state index in [1.54, 1.807) is 4.90 Å². The van der Waals surface area contributed by atoms with E-state index >= 15 is 0 Å². The molecule has 0 aromatic heterocycles. The number of nitrogens with one attached hydrogen (secondary N) is 1. The van der Waals surface area contributed by atoms with E-state index in [0.29, 0.717) is 69.7 Å². The number of rotatable bonds is 9. The number of aryl methyl sites for hydroxylation is 1. The summed E-state index contributed by atoms with van der Waals surface area (Å²) in [6, 6.07) is 11.5. The van der Waals surface area contributed by atoms with Gasteiger partial charge >= 0.3 is 12.1 Å². The van der Waals surface area contributed by atoms with Gasteiger partial charge in [0.1, 0.15) is 5.75 Å². The third-order valence-electron chi connectivity index (χ3n) is 11.9. The number of urea groups is 1. The van der Waals surface area contributed by atoms with Crippen molar-refractivity contribution in [2.45, 2.75) is 77.3 Å². The predicted octanol–water partition coefficient (Wildman–Crippen LogP) is 3.21. The first-order valence-electron chi connectivity index (χ1n) is 19.4. The summed E-state index contributed by atoms with van der Waals surface area (Å²) in [5.41, 5.74) is 4.31. The number of hydrogen-bond donors (Lipinski definition) is 3. The maximum atomic E-state index is 14.2. The smallest absolute Gasteiger partial charge is 0.410 e. The number of phenols is 1. The molecule has 4 aliphatic rings. The highest BCUT2D eigenvalue weighted by atomic mass is 16.6. The lowest BCUT2D eigenvalue weighted by Gasteiger charge is -2.41. The zero-order valence-corrected chi connectivity index (χ0v) is 31.5. The molecular formula is C39H55BN6O7. The molecule has 0 saturated carbocycles. The van der Waals surface area contributed by atoms with Gasteiger partial charge in [-0.05, 0) is 105 Å². The molecule has 2 aromatic carbocycles. The number of ether oxygens (including phenoxy) is 1. The van der Waals surface area contributed by atoms with Crippen LogP contribution in [-0.4, -0.2) is 138 Å². The number of phenolic OH excluding ortho intramolecular Hbond substituents is 1. The van der Waals surface area contributed by atoms with Crippen LogP contribution in [0.4, 0.5) is 15.3 Å². The highest BCUT2D eigenvalue weighted by molar-refractivity contribution is 6.53. The number of piperidine rings is 3. The Morgan fingerprint density at radius 1 is 0.943 bits per heavy atom. The molecule has 2 aromatic rings. The Bertz CT molecular complexity index is 1630. The number of nitrogens with zero attached hydrogens (tertiary/aromatic N) is 5. The van der Waals surface area contributed by atoms with Gasteiger partial charge in [-0.1, -0.05) is 37.2 Å². The van der Waals surface area contributed by atoms with Crippen LogP contribution in [-0.2, 0) is 27.2 Å². The Balaban J connectivity index is 1.06. The summed E-state index contributed by atoms with van der Waals surface area (Å²) in [6.45, 7) is 8.29. The number of hydroxylamine groups is 2. The van der Waals surface area contributed by atoms with Crippen LogP contribution in [0.1, 0.15) is 55.2 Å². The minimum Gasteiger partial charge on any atom is -0.508 e. The minimum absolute atomic E-state index is 0.00324. The van der Waals surface area contributed by atoms with E-state index in [1.807, 2.05) is 59.9 Å². The first kappa shape index (κ1) is 38.4. The number of aromatic hydroxyl groups is 1. The lowest BCUT2D eigenvalue weighted by Crippen LogP contribution is -2.52. The van der Waals surface area contributed by atoms with Crippen molar-refractivity contribution in [3.63, 3.8) is 0 Å². The molecule has 4 heterocycles. The second-order valence-corrected chi connectivity index (χ2v) is 15.3. The number of para-hydroxylation sites is 1. The van der Waals surface area contributed by atoms with E-state index in [-0.39, 0.29) is 42.6 Å². The topological polar surface area (TPSA) is 146 Å². The van der Waals surface area contributed by atoms with Crippen LogP contribution in [0.3, 0.4) is 0 Å². The van der Waals surface area contributed by atoms with E-state index in [2.05, 4.69) is 10.2 Å². The first-order chi connectivity index (χ1) is 25.5. The number of hydrogen-bond acceptors (Lipinski definition) is 8. The van der Waals surface area contributed by atoms with Crippen molar-refractivity contribution in [1.82, 2.24) is 24.7 Å². The maximum Gasteiger partial charge on any atom is 0.410 e. The number of amides is 5. The fourth-order valence-corrected chi connectivity index (χ4v) is 8.68. The van der Waals surface area contributed by atoms with Crippen LogP contribution in [0.5, 0.6) is 5.75 Å². The van der Waals surface area contributed by atoms with Gasteiger partial charge in [-0.2, -0.15) is 0 Å². The average molecular weight is 731 g/mol. The largest absolute Gasteiger partial charge is 0.508 e. The molecule has 3 N–H and O–H groups in total. The summed E-state index contributed by atoms with van der Waals surface area (Å²) >= 11 is 0. The number of likely N-dealkylation sites (tertiary alicyclic amines) is 3. The molecule has 6 rings (SSSR count). The number of likely N-dealkylation sites (N-methyl/N-ethyl adjacent to an activating group) is 1. The Morgan fingerprint density at radius 2 is 1.58 bits per heavy atom. The van der Waals surface area contributed by atoms with E-state index in [9.17, 15) is 29.5 Å². The van der Waals surface area contributed by atoms with Crippen LogP contribution < -0.4 is 10.8 Å². The highest BCUT2D eigenvalue weighted by Gasteiger charge is 2.37. The molecule has 0 bridgehead atoms. The van der Waals surface area contributed by atoms with Gasteiger partial charge in [-0.15, -0.1) is 0 Å². The standard InChI is InChI=1S/C39H55BN6O7/c1-26-22-27(23-32(40-2)36(26)48)24-34(37(49)44-17-10-29(11-18-44)28-8-15-43(16-9-28)25-35(47)42(3)52)53-39(51)45-19-13-31(14-20-45)46-21-12-30-6-4-5-7-33(30)41-38(46)50/h4-7,22-23,28-29,31,34,40,48,52H,8-21,24-25H2,1-3H3,(H,41,50)/t34-/m1/s1. The Hall–Kier alpha value is -4.30. The zero-order chi connectivity index (χ0) is 37.6. The molecule has 13 nitrogen and oxygen atoms in total. The number of fused-ring (bicyclic) bond motifs is 1. The van der Waals surface area contributed by atoms with Crippen molar-refractivity contribution in [1.29, 1.82) is 0 Å². The summed E-state index contributed by atoms with van der Waals surface area (Å²) in [5.74, 6) is 0.744. The monoisotopic (exact) mass is 730 g/mol. The Morgan fingerprint density at radius 3 is 2.25 bits per heavy atom. The molecule has 0 aliphatic carbocycles. The van der Waals surface area contributed by atoms with E-state index in [1.165, 1.54) is 7.05 Å². The summed E-state index contributed by atoms with van der Waals surface area (Å²) in [6.07, 6.45) is 4.39. The second-order valence-electron chi connectivity index (χ2n) is 15.3. The predicted molar refractivity (Wildman–Crippen MR) is 203 cm³/mol. The highest BCUT2D eigenvalue weighted by Crippen LogP contribution is 2.33. The number of anilines is 1. The lowest BCUT2D eigenvalue weighted by molar-refractivity contribution is -0.160. The quantitative estimate of drug-likeness (QED) is 0.203. The van der Waals surface area contributed by atoms with Gasteiger partial charge in [-0.25, -0.2) is 14.7 Å². The Labute approximate surface area is 313 Å². The van der Waals surface area contributed by atoms with Crippen molar-refractivity contribution in [3.8, 4) is 5.75 Å². The molecule has 0 spiro atoms. The third kappa shape index (κ3) is 9.27. The van der Waals surface area contributed by atoms with E-state index in [0.717, 1.165) is 73.0 Å². The molecule has 5 amide bonds. The van der Waals surface area contributed by atoms with Crippen molar-refractivity contribution in [2.75, 3.05) is 64.7 Å². The van der Waals surface area contributed by atoms with Gasteiger partial charge in [0.2, 0.25) is 0 Å². The van der Waals surface area contributed by atoms with Crippen molar-refractivity contribution in [2.24, 2.45) is 11.8 Å². The van der Waals surface area contributed by atoms with Crippen molar-refractivity contribution >= 4 is 42.4 Å². The summed E-state index contributed by atoms with van der Waals surface area (Å²) in [5, 5.41) is 23.7. The summed E-state index contributed by atoms with van der Waals surface area (Å²) < 4.78 is 6.11. The van der Waals surface area contributed by atoms with Crippen LogP contribution >= 0.6 is 0 Å². The summed E-state index contributed by atoms with van der Waals surface area (Å²) in [7, 11) is 1.99. The fourth-order valence-electron chi connectivity index (χ4n) is 8.68. The maximum absolute atomic E-state index is 14.2. The molecular weight excluding hydrogens is 675 g/mol. The summed E-state index contributed by atoms with van der Waals surface area (Å²) in [4.78, 5) is 60.5. The average Bonchev–Trinajstić information content (AvgIpc) is 3.34. The molecule has 1 atom stereocenters. The van der Waals surface area contributed by atoms with Gasteiger partial charge in [0, 0.05) is 57.9 Å². The lowest BCUT2D eigenvalue weighted by atomic mass is 9.71. The van der Waals surface area contributed by atoms with Crippen molar-refractivity contribution < 1.29 is 34.2 Å². The SMILES string of the molecule is CBc1cc(C[C@@H](OC(=O)N2CCC(N3CCc4ccccc4NC3=O)CC2)C(=O)N2CCC(C3CCN(CC(=O)N(C)O)CC3)CC2)cc(C)c1O. The second kappa shape index (κ2) is 17.2. The molecule has 0 unspecified atom stereocenters. The van der Waals surface area contributed by atoms with Gasteiger partial charge in [-0.3, -0.25) is 19.7 Å². The van der Waals surface area contributed by atoms with Gasteiger partial charge in [0.15, 0.2) is 13.4 Å². The molecule has 3 fully saturated rings. The fraction of sp³-hybridized carbons (Fsp3) is 0.590. The van der Waals surface area contributed by atoms with Crippen LogP contribution in [0, 0.1) is 18.8 Å². The molecule has 3 saturated heterocycles. The Kier molecular flexibility index (Phi) is 12.5. The number of benzene rings is 2. The van der Waals surface area contributed by atoms with Crippen molar-refractivity contribution in [3.05, 3.63) is 53.1 Å². The molecule has 286 valence electrons. The van der Waals surface area contributed by atoms with Gasteiger partial charge < -0.3 is 29.9 Å². The van der Waals surface area contributed by atoms with Crippen LogP contribution in [0.15, 0.2) is 36.4 Å². The third-order valence-corrected chi connectivity index (χ3v) is 11.9. The van der Waals surface area contributed by atoms with Gasteiger partial charge in [0.25, 0.3) is 11.8 Å². The normalized spacial score (nSPS) is 19.9. The van der Waals surface area contributed by atoms with E-state index in [4.69, 9.17) is 4.74 Å².